The van der Waals surface area contributed by atoms with E-state index in [-0.39, 0.29) is 45.5 Å². The van der Waals surface area contributed by atoms with Crippen molar-refractivity contribution in [3.63, 3.8) is 0 Å². The Bertz CT molecular complexity index is 1170. The van der Waals surface area contributed by atoms with E-state index in [2.05, 4.69) is 0 Å². The zero-order valence-corrected chi connectivity index (χ0v) is 16.9. The van der Waals surface area contributed by atoms with Crippen LogP contribution in [0.3, 0.4) is 0 Å². The van der Waals surface area contributed by atoms with Crippen molar-refractivity contribution in [1.29, 1.82) is 5.26 Å². The Morgan fingerprint density at radius 1 is 1.27 bits per heavy atom. The molecule has 0 N–H and O–H groups in total. The van der Waals surface area contributed by atoms with Crippen molar-refractivity contribution in [2.24, 2.45) is 0 Å². The highest BCUT2D eigenvalue weighted by molar-refractivity contribution is 6.33. The molecule has 0 bridgehead atoms. The highest BCUT2D eigenvalue weighted by atomic mass is 35.5. The molecule has 2 aromatic rings. The van der Waals surface area contributed by atoms with Gasteiger partial charge in [0.1, 0.15) is 23.2 Å². The molecule has 0 fully saturated rings. The van der Waals surface area contributed by atoms with Crippen LogP contribution in [0.5, 0.6) is 0 Å². The maximum atomic E-state index is 12.8. The fourth-order valence-corrected chi connectivity index (χ4v) is 3.30. The van der Waals surface area contributed by atoms with Crippen LogP contribution in [-0.2, 0) is 9.59 Å². The number of nitrogens with zero attached hydrogens (tertiary/aromatic N) is 3. The summed E-state index contributed by atoms with van der Waals surface area (Å²) < 4.78 is 5.73. The van der Waals surface area contributed by atoms with Crippen molar-refractivity contribution in [3.05, 3.63) is 67.9 Å². The van der Waals surface area contributed by atoms with E-state index in [1.165, 1.54) is 31.2 Å². The maximum Gasteiger partial charge on any atom is 0.271 e. The minimum atomic E-state index is -0.609. The third-order valence-electron chi connectivity index (χ3n) is 4.61. The summed E-state index contributed by atoms with van der Waals surface area (Å²) in [4.78, 5) is 36.7. The van der Waals surface area contributed by atoms with Crippen LogP contribution in [-0.4, -0.2) is 28.2 Å². The molecule has 2 amide bonds. The average molecular weight is 426 g/mol. The number of hydrogen-bond acceptors (Lipinski definition) is 6. The van der Waals surface area contributed by atoms with Crippen molar-refractivity contribution in [2.45, 2.75) is 20.3 Å². The maximum absolute atomic E-state index is 12.8. The number of non-ortho nitro benzene ring substituents is 1. The quantitative estimate of drug-likeness (QED) is 0.301. The SMILES string of the molecule is CCCN1C(=O)C(C#N)=C(C)/C(=C\c2ccc(-c3cc([N+](=O)[O-])ccc3Cl)o2)C1=O. The average Bonchev–Trinajstić information content (AvgIpc) is 3.17. The van der Waals surface area contributed by atoms with Crippen LogP contribution in [0.1, 0.15) is 26.0 Å². The normalized spacial score (nSPS) is 15.7. The monoisotopic (exact) mass is 425 g/mol. The molecule has 1 aromatic heterocycles. The lowest BCUT2D eigenvalue weighted by molar-refractivity contribution is -0.384. The summed E-state index contributed by atoms with van der Waals surface area (Å²) in [6.45, 7) is 3.55. The molecule has 0 atom stereocenters. The predicted octanol–water partition coefficient (Wildman–Crippen LogP) is 4.51. The summed E-state index contributed by atoms with van der Waals surface area (Å²) in [5.41, 5.74) is 0.539. The molecule has 0 radical (unpaired) electrons. The topological polar surface area (TPSA) is 117 Å². The Labute approximate surface area is 176 Å². The van der Waals surface area contributed by atoms with E-state index in [9.17, 15) is 25.0 Å². The second-order valence-electron chi connectivity index (χ2n) is 6.56. The van der Waals surface area contributed by atoms with Gasteiger partial charge in [-0.1, -0.05) is 18.5 Å². The van der Waals surface area contributed by atoms with Crippen LogP contribution < -0.4 is 0 Å². The van der Waals surface area contributed by atoms with Crippen molar-refractivity contribution < 1.29 is 18.9 Å². The van der Waals surface area contributed by atoms with Crippen LogP contribution >= 0.6 is 11.6 Å². The number of nitro benzene ring substituents is 1. The second kappa shape index (κ2) is 8.35. The first-order valence-electron chi connectivity index (χ1n) is 9.01. The van der Waals surface area contributed by atoms with Gasteiger partial charge in [0.25, 0.3) is 17.5 Å². The van der Waals surface area contributed by atoms with Gasteiger partial charge in [-0.05, 0) is 43.2 Å². The second-order valence-corrected chi connectivity index (χ2v) is 6.96. The van der Waals surface area contributed by atoms with Gasteiger partial charge >= 0.3 is 0 Å². The van der Waals surface area contributed by atoms with Crippen molar-refractivity contribution >= 4 is 35.2 Å². The van der Waals surface area contributed by atoms with Crippen LogP contribution in [0.25, 0.3) is 17.4 Å². The van der Waals surface area contributed by atoms with Gasteiger partial charge in [0, 0.05) is 29.8 Å². The molecule has 1 aliphatic rings. The zero-order chi connectivity index (χ0) is 22.0. The van der Waals surface area contributed by atoms with Gasteiger partial charge in [-0.15, -0.1) is 0 Å². The number of nitriles is 1. The molecule has 8 nitrogen and oxygen atoms in total. The molecule has 0 aliphatic carbocycles. The van der Waals surface area contributed by atoms with Crippen molar-refractivity contribution in [3.8, 4) is 17.4 Å². The molecular weight excluding hydrogens is 410 g/mol. The number of furan rings is 1. The lowest BCUT2D eigenvalue weighted by atomic mass is 9.94. The molecule has 0 spiro atoms. The lowest BCUT2D eigenvalue weighted by Crippen LogP contribution is -2.43. The minimum Gasteiger partial charge on any atom is -0.457 e. The predicted molar refractivity (Wildman–Crippen MR) is 109 cm³/mol. The molecule has 0 saturated carbocycles. The van der Waals surface area contributed by atoms with Crippen molar-refractivity contribution in [1.82, 2.24) is 4.90 Å². The first-order valence-corrected chi connectivity index (χ1v) is 9.39. The molecule has 152 valence electrons. The minimum absolute atomic E-state index is 0.0946. The number of nitro groups is 1. The van der Waals surface area contributed by atoms with Crippen LogP contribution in [0.4, 0.5) is 5.69 Å². The molecule has 30 heavy (non-hydrogen) atoms. The molecule has 0 saturated heterocycles. The Hall–Kier alpha value is -3.70. The van der Waals surface area contributed by atoms with E-state index < -0.39 is 16.7 Å². The van der Waals surface area contributed by atoms with Crippen LogP contribution in [0.2, 0.25) is 5.02 Å². The third-order valence-corrected chi connectivity index (χ3v) is 4.94. The summed E-state index contributed by atoms with van der Waals surface area (Å²) >= 11 is 6.15. The first kappa shape index (κ1) is 21.0. The standard InChI is InChI=1S/C21H16ClN3O5/c1-3-8-24-20(26)15(12(2)17(11-23)21(24)27)10-14-5-7-19(30-14)16-9-13(25(28)29)4-6-18(16)22/h4-7,9-10H,3,8H2,1-2H3/b15-10+. The molecule has 1 aliphatic heterocycles. The third kappa shape index (κ3) is 3.75. The van der Waals surface area contributed by atoms with Gasteiger partial charge in [-0.25, -0.2) is 0 Å². The molecular formula is C21H16ClN3O5. The Morgan fingerprint density at radius 2 is 2.00 bits per heavy atom. The number of rotatable bonds is 5. The molecule has 2 heterocycles. The number of carbonyl (C=O) groups excluding carboxylic acids is 2. The summed E-state index contributed by atoms with van der Waals surface area (Å²) in [6, 6.07) is 9.00. The first-order chi connectivity index (χ1) is 14.3. The van der Waals surface area contributed by atoms with Gasteiger partial charge in [-0.2, -0.15) is 5.26 Å². The van der Waals surface area contributed by atoms with Crippen LogP contribution in [0.15, 0.2) is 51.5 Å². The van der Waals surface area contributed by atoms with E-state index in [1.54, 1.807) is 12.1 Å². The smallest absolute Gasteiger partial charge is 0.271 e. The number of amides is 2. The van der Waals surface area contributed by atoms with Gasteiger partial charge < -0.3 is 4.42 Å². The van der Waals surface area contributed by atoms with Gasteiger partial charge in [-0.3, -0.25) is 24.6 Å². The summed E-state index contributed by atoms with van der Waals surface area (Å²) in [6.07, 6.45) is 2.00. The zero-order valence-electron chi connectivity index (χ0n) is 16.1. The number of imide groups is 1. The molecule has 3 rings (SSSR count). The number of halogens is 1. The lowest BCUT2D eigenvalue weighted by Gasteiger charge is -2.26. The van der Waals surface area contributed by atoms with E-state index in [4.69, 9.17) is 16.0 Å². The number of carbonyl (C=O) groups is 2. The fraction of sp³-hybridized carbons (Fsp3) is 0.190. The Kier molecular flexibility index (Phi) is 5.85. The van der Waals surface area contributed by atoms with E-state index >= 15 is 0 Å². The van der Waals surface area contributed by atoms with Gasteiger partial charge in [0.15, 0.2) is 0 Å². The number of hydrogen-bond donors (Lipinski definition) is 0. The Morgan fingerprint density at radius 3 is 2.63 bits per heavy atom. The summed E-state index contributed by atoms with van der Waals surface area (Å²) in [7, 11) is 0. The largest absolute Gasteiger partial charge is 0.457 e. The molecule has 9 heteroatoms. The van der Waals surface area contributed by atoms with Crippen molar-refractivity contribution in [2.75, 3.05) is 6.54 Å². The summed E-state index contributed by atoms with van der Waals surface area (Å²) in [5, 5.41) is 20.7. The highest BCUT2D eigenvalue weighted by Gasteiger charge is 2.35. The molecule has 1 aromatic carbocycles. The van der Waals surface area contributed by atoms with E-state index in [0.29, 0.717) is 12.0 Å². The van der Waals surface area contributed by atoms with E-state index in [1.807, 2.05) is 13.0 Å². The van der Waals surface area contributed by atoms with Crippen LogP contribution in [0, 0.1) is 21.4 Å². The Balaban J connectivity index is 2.05. The highest BCUT2D eigenvalue weighted by Crippen LogP contribution is 2.34. The van der Waals surface area contributed by atoms with Gasteiger partial charge in [0.05, 0.1) is 9.95 Å². The number of benzene rings is 1. The summed E-state index contributed by atoms with van der Waals surface area (Å²) in [5.74, 6) is -0.562. The van der Waals surface area contributed by atoms with Gasteiger partial charge in [0.2, 0.25) is 0 Å². The molecule has 0 unspecified atom stereocenters. The van der Waals surface area contributed by atoms with E-state index in [0.717, 1.165) is 4.90 Å². The fourth-order valence-electron chi connectivity index (χ4n) is 3.09.